The highest BCUT2D eigenvalue weighted by Crippen LogP contribution is 2.25. The lowest BCUT2D eigenvalue weighted by atomic mass is 10.0. The van der Waals surface area contributed by atoms with Gasteiger partial charge in [0.1, 0.15) is 11.4 Å². The zero-order chi connectivity index (χ0) is 19.2. The van der Waals surface area contributed by atoms with E-state index in [0.29, 0.717) is 36.2 Å². The minimum absolute atomic E-state index is 0.106. The Balaban J connectivity index is 1.76. The highest BCUT2D eigenvalue weighted by Gasteiger charge is 2.14. The molecule has 0 fully saturated rings. The lowest BCUT2D eigenvalue weighted by Crippen LogP contribution is -1.98. The number of carboxylic acid groups (broad SMARTS) is 1. The lowest BCUT2D eigenvalue weighted by molar-refractivity contribution is -0.136. The van der Waals surface area contributed by atoms with E-state index < -0.39 is 5.97 Å². The van der Waals surface area contributed by atoms with Crippen molar-refractivity contribution < 1.29 is 19.2 Å². The highest BCUT2D eigenvalue weighted by molar-refractivity contribution is 5.67. The molecule has 7 nitrogen and oxygen atoms in total. The molecule has 0 aliphatic carbocycles. The largest absolute Gasteiger partial charge is 0.492 e. The number of hydrogen-bond acceptors (Lipinski definition) is 6. The van der Waals surface area contributed by atoms with Crippen LogP contribution < -0.4 is 4.74 Å². The predicted octanol–water partition coefficient (Wildman–Crippen LogP) is 3.91. The molecule has 0 aliphatic rings. The minimum Gasteiger partial charge on any atom is -0.492 e. The van der Waals surface area contributed by atoms with E-state index in [9.17, 15) is 4.79 Å². The van der Waals surface area contributed by atoms with Gasteiger partial charge in [0.25, 0.3) is 5.89 Å². The van der Waals surface area contributed by atoms with E-state index >= 15 is 0 Å². The molecule has 0 aliphatic heterocycles. The first-order valence-corrected chi connectivity index (χ1v) is 8.81. The van der Waals surface area contributed by atoms with Crippen LogP contribution in [0.25, 0.3) is 23.0 Å². The lowest BCUT2D eigenvalue weighted by Gasteiger charge is -2.04. The van der Waals surface area contributed by atoms with Crippen molar-refractivity contribution in [3.8, 4) is 28.7 Å². The third-order valence-corrected chi connectivity index (χ3v) is 4.01. The second-order valence-electron chi connectivity index (χ2n) is 6.19. The van der Waals surface area contributed by atoms with Gasteiger partial charge in [-0.1, -0.05) is 30.3 Å². The number of aryl methyl sites for hydroxylation is 2. The molecule has 2 heterocycles. The third kappa shape index (κ3) is 4.69. The van der Waals surface area contributed by atoms with E-state index in [1.54, 1.807) is 12.3 Å². The molecule has 0 saturated heterocycles. The fraction of sp³-hybridized carbons (Fsp3) is 0.300. The standard InChI is InChI=1S/C20H21N3O4/c1-3-10-26-15-6-8-17(21-12-15)20-22-19(23-27-20)16-7-4-14(11-13(16)2)5-9-18(24)25/h4,6-8,11-12H,3,5,9-10H2,1-2H3,(H,24,25). The monoisotopic (exact) mass is 367 g/mol. The number of aliphatic carboxylic acids is 1. The summed E-state index contributed by atoms with van der Waals surface area (Å²) in [6, 6.07) is 9.33. The van der Waals surface area contributed by atoms with Gasteiger partial charge in [0.2, 0.25) is 5.82 Å². The quantitative estimate of drug-likeness (QED) is 0.644. The molecule has 1 N–H and O–H groups in total. The summed E-state index contributed by atoms with van der Waals surface area (Å²) in [4.78, 5) is 19.5. The van der Waals surface area contributed by atoms with E-state index in [4.69, 9.17) is 14.4 Å². The maximum atomic E-state index is 10.7. The van der Waals surface area contributed by atoms with E-state index in [2.05, 4.69) is 15.1 Å². The van der Waals surface area contributed by atoms with Crippen LogP contribution >= 0.6 is 0 Å². The Hall–Kier alpha value is -3.22. The third-order valence-electron chi connectivity index (χ3n) is 4.01. The molecule has 0 saturated carbocycles. The molecule has 0 spiro atoms. The molecule has 0 bridgehead atoms. The van der Waals surface area contributed by atoms with Crippen LogP contribution in [0, 0.1) is 6.92 Å². The second-order valence-corrected chi connectivity index (χ2v) is 6.19. The first kappa shape index (κ1) is 18.6. The summed E-state index contributed by atoms with van der Waals surface area (Å²) in [5, 5.41) is 12.8. The number of ether oxygens (including phenoxy) is 1. The molecule has 140 valence electrons. The molecule has 3 aromatic rings. The van der Waals surface area contributed by atoms with Gasteiger partial charge in [0.05, 0.1) is 12.8 Å². The first-order chi connectivity index (χ1) is 13.1. The van der Waals surface area contributed by atoms with Crippen molar-refractivity contribution in [3.05, 3.63) is 47.7 Å². The van der Waals surface area contributed by atoms with Crippen molar-refractivity contribution in [1.29, 1.82) is 0 Å². The molecule has 1 aromatic carbocycles. The Morgan fingerprint density at radius 2 is 2.11 bits per heavy atom. The maximum absolute atomic E-state index is 10.7. The van der Waals surface area contributed by atoms with Gasteiger partial charge in [0.15, 0.2) is 0 Å². The highest BCUT2D eigenvalue weighted by atomic mass is 16.5. The molecular weight excluding hydrogens is 346 g/mol. The number of rotatable bonds is 8. The summed E-state index contributed by atoms with van der Waals surface area (Å²) >= 11 is 0. The van der Waals surface area contributed by atoms with Crippen LogP contribution in [0.5, 0.6) is 5.75 Å². The van der Waals surface area contributed by atoms with E-state index in [1.165, 1.54) is 0 Å². The van der Waals surface area contributed by atoms with Crippen molar-refractivity contribution in [3.63, 3.8) is 0 Å². The molecule has 0 atom stereocenters. The Kier molecular flexibility index (Phi) is 5.80. The normalized spacial score (nSPS) is 10.7. The van der Waals surface area contributed by atoms with Crippen LogP contribution in [-0.4, -0.2) is 32.8 Å². The summed E-state index contributed by atoms with van der Waals surface area (Å²) in [6.45, 7) is 4.63. The number of nitrogens with zero attached hydrogens (tertiary/aromatic N) is 3. The predicted molar refractivity (Wildman–Crippen MR) is 99.4 cm³/mol. The first-order valence-electron chi connectivity index (χ1n) is 8.81. The Morgan fingerprint density at radius 3 is 2.78 bits per heavy atom. The fourth-order valence-corrected chi connectivity index (χ4v) is 2.63. The van der Waals surface area contributed by atoms with Crippen molar-refractivity contribution >= 4 is 5.97 Å². The maximum Gasteiger partial charge on any atom is 0.303 e. The van der Waals surface area contributed by atoms with Crippen LogP contribution in [0.15, 0.2) is 41.1 Å². The second kappa shape index (κ2) is 8.44. The van der Waals surface area contributed by atoms with Gasteiger partial charge in [-0.25, -0.2) is 4.98 Å². The van der Waals surface area contributed by atoms with Gasteiger partial charge < -0.3 is 14.4 Å². The number of hydrogen-bond donors (Lipinski definition) is 1. The Labute approximate surface area is 157 Å². The summed E-state index contributed by atoms with van der Waals surface area (Å²) < 4.78 is 10.9. The smallest absolute Gasteiger partial charge is 0.303 e. The molecule has 0 amide bonds. The van der Waals surface area contributed by atoms with Crippen molar-refractivity contribution in [2.45, 2.75) is 33.1 Å². The molecule has 7 heteroatoms. The van der Waals surface area contributed by atoms with E-state index in [-0.39, 0.29) is 6.42 Å². The SMILES string of the molecule is CCCOc1ccc(-c2nc(-c3ccc(CCC(=O)O)cc3C)no2)nc1. The van der Waals surface area contributed by atoms with Crippen LogP contribution in [0.3, 0.4) is 0 Å². The number of carboxylic acids is 1. The molecule has 2 aromatic heterocycles. The summed E-state index contributed by atoms with van der Waals surface area (Å²) in [6.07, 6.45) is 3.17. The summed E-state index contributed by atoms with van der Waals surface area (Å²) in [5.74, 6) is 0.702. The van der Waals surface area contributed by atoms with Gasteiger partial charge in [-0.05, 0) is 43.0 Å². The zero-order valence-electron chi connectivity index (χ0n) is 15.3. The number of pyridine rings is 1. The van der Waals surface area contributed by atoms with Gasteiger partial charge in [-0.3, -0.25) is 4.79 Å². The zero-order valence-corrected chi connectivity index (χ0v) is 15.3. The Bertz CT molecular complexity index is 919. The van der Waals surface area contributed by atoms with Gasteiger partial charge in [0, 0.05) is 12.0 Å². The van der Waals surface area contributed by atoms with Gasteiger partial charge in [-0.2, -0.15) is 4.98 Å². The van der Waals surface area contributed by atoms with Crippen molar-refractivity contribution in [1.82, 2.24) is 15.1 Å². The van der Waals surface area contributed by atoms with Gasteiger partial charge >= 0.3 is 5.97 Å². The van der Waals surface area contributed by atoms with Crippen molar-refractivity contribution in [2.24, 2.45) is 0 Å². The number of aromatic nitrogens is 3. The van der Waals surface area contributed by atoms with Crippen LogP contribution in [-0.2, 0) is 11.2 Å². The fourth-order valence-electron chi connectivity index (χ4n) is 2.63. The van der Waals surface area contributed by atoms with Gasteiger partial charge in [-0.15, -0.1) is 0 Å². The Morgan fingerprint density at radius 1 is 1.26 bits per heavy atom. The van der Waals surface area contributed by atoms with Crippen LogP contribution in [0.4, 0.5) is 0 Å². The molecule has 27 heavy (non-hydrogen) atoms. The molecule has 0 radical (unpaired) electrons. The minimum atomic E-state index is -0.807. The average molecular weight is 367 g/mol. The number of carbonyl (C=O) groups is 1. The van der Waals surface area contributed by atoms with Crippen molar-refractivity contribution in [2.75, 3.05) is 6.61 Å². The van der Waals surface area contributed by atoms with E-state index in [1.807, 2.05) is 38.1 Å². The van der Waals surface area contributed by atoms with E-state index in [0.717, 1.165) is 23.1 Å². The topological polar surface area (TPSA) is 98.3 Å². The molecular formula is C20H21N3O4. The summed E-state index contributed by atoms with van der Waals surface area (Å²) in [7, 11) is 0. The van der Waals surface area contributed by atoms with Crippen LogP contribution in [0.2, 0.25) is 0 Å². The molecule has 3 rings (SSSR count). The summed E-state index contributed by atoms with van der Waals surface area (Å²) in [5.41, 5.74) is 3.34. The molecule has 0 unspecified atom stereocenters. The number of benzene rings is 1. The average Bonchev–Trinajstić information content (AvgIpc) is 3.15. The van der Waals surface area contributed by atoms with Crippen LogP contribution in [0.1, 0.15) is 30.9 Å².